The monoisotopic (exact) mass is 336 g/mol. The lowest BCUT2D eigenvalue weighted by Crippen LogP contribution is -2.05. The summed E-state index contributed by atoms with van der Waals surface area (Å²) in [7, 11) is 1.67. The SMILES string of the molecule is CCOc1ncccc1NCc1cc(Br)ccc1OC. The second-order valence-corrected chi connectivity index (χ2v) is 5.01. The minimum atomic E-state index is 0.589. The van der Waals surface area contributed by atoms with Crippen molar-refractivity contribution in [1.82, 2.24) is 4.98 Å². The van der Waals surface area contributed by atoms with Gasteiger partial charge in [-0.2, -0.15) is 0 Å². The molecule has 106 valence electrons. The van der Waals surface area contributed by atoms with E-state index in [0.717, 1.165) is 21.5 Å². The number of benzene rings is 1. The minimum absolute atomic E-state index is 0.589. The fourth-order valence-electron chi connectivity index (χ4n) is 1.85. The lowest BCUT2D eigenvalue weighted by atomic mass is 10.2. The molecular weight excluding hydrogens is 320 g/mol. The van der Waals surface area contributed by atoms with Crippen LogP contribution >= 0.6 is 15.9 Å². The molecule has 0 fully saturated rings. The molecule has 0 bridgehead atoms. The molecule has 1 aromatic heterocycles. The zero-order valence-electron chi connectivity index (χ0n) is 11.5. The first-order valence-corrected chi connectivity index (χ1v) is 7.18. The van der Waals surface area contributed by atoms with Crippen LogP contribution < -0.4 is 14.8 Å². The van der Waals surface area contributed by atoms with Crippen molar-refractivity contribution in [3.05, 3.63) is 46.6 Å². The summed E-state index contributed by atoms with van der Waals surface area (Å²) in [5.74, 6) is 1.46. The first kappa shape index (κ1) is 14.7. The summed E-state index contributed by atoms with van der Waals surface area (Å²) in [5, 5.41) is 3.33. The molecule has 4 nitrogen and oxygen atoms in total. The van der Waals surface area contributed by atoms with Gasteiger partial charge in [0.15, 0.2) is 0 Å². The van der Waals surface area contributed by atoms with Gasteiger partial charge in [0.1, 0.15) is 5.75 Å². The average molecular weight is 337 g/mol. The Bertz CT molecular complexity index is 576. The summed E-state index contributed by atoms with van der Waals surface area (Å²) in [5.41, 5.74) is 1.93. The molecule has 0 unspecified atom stereocenters. The van der Waals surface area contributed by atoms with E-state index in [0.29, 0.717) is 19.0 Å². The van der Waals surface area contributed by atoms with E-state index >= 15 is 0 Å². The zero-order chi connectivity index (χ0) is 14.4. The van der Waals surface area contributed by atoms with Crippen LogP contribution in [-0.4, -0.2) is 18.7 Å². The third kappa shape index (κ3) is 3.63. The maximum Gasteiger partial charge on any atom is 0.237 e. The molecule has 0 radical (unpaired) electrons. The van der Waals surface area contributed by atoms with Crippen molar-refractivity contribution in [2.75, 3.05) is 19.0 Å². The molecule has 0 spiro atoms. The molecule has 0 amide bonds. The van der Waals surface area contributed by atoms with Crippen LogP contribution in [0, 0.1) is 0 Å². The summed E-state index contributed by atoms with van der Waals surface area (Å²) in [6.45, 7) is 3.16. The standard InChI is InChI=1S/C15H17BrN2O2/c1-3-20-15-13(5-4-8-17-15)18-10-11-9-12(16)6-7-14(11)19-2/h4-9,18H,3,10H2,1-2H3. The Hall–Kier alpha value is -1.75. The van der Waals surface area contributed by atoms with Gasteiger partial charge in [-0.3, -0.25) is 0 Å². The highest BCUT2D eigenvalue weighted by Crippen LogP contribution is 2.26. The average Bonchev–Trinajstić information content (AvgIpc) is 2.47. The number of anilines is 1. The van der Waals surface area contributed by atoms with Crippen molar-refractivity contribution in [2.45, 2.75) is 13.5 Å². The highest BCUT2D eigenvalue weighted by Gasteiger charge is 2.07. The van der Waals surface area contributed by atoms with Crippen molar-refractivity contribution < 1.29 is 9.47 Å². The quantitative estimate of drug-likeness (QED) is 0.869. The van der Waals surface area contributed by atoms with Gasteiger partial charge in [-0.25, -0.2) is 4.98 Å². The summed E-state index contributed by atoms with van der Waals surface area (Å²) in [6.07, 6.45) is 1.72. The molecular formula is C15H17BrN2O2. The highest BCUT2D eigenvalue weighted by molar-refractivity contribution is 9.10. The predicted octanol–water partition coefficient (Wildman–Crippen LogP) is 3.86. The molecule has 0 atom stereocenters. The van der Waals surface area contributed by atoms with Crippen LogP contribution in [0.1, 0.15) is 12.5 Å². The second kappa shape index (κ2) is 7.14. The van der Waals surface area contributed by atoms with Gasteiger partial charge in [-0.1, -0.05) is 15.9 Å². The number of nitrogens with zero attached hydrogens (tertiary/aromatic N) is 1. The lowest BCUT2D eigenvalue weighted by molar-refractivity contribution is 0.328. The molecule has 0 saturated carbocycles. The number of nitrogens with one attached hydrogen (secondary N) is 1. The van der Waals surface area contributed by atoms with E-state index < -0.39 is 0 Å². The minimum Gasteiger partial charge on any atom is -0.496 e. The van der Waals surface area contributed by atoms with Gasteiger partial charge in [-0.05, 0) is 37.3 Å². The number of halogens is 1. The van der Waals surface area contributed by atoms with Crippen molar-refractivity contribution in [3.8, 4) is 11.6 Å². The second-order valence-electron chi connectivity index (χ2n) is 4.10. The molecule has 0 aliphatic carbocycles. The maximum atomic E-state index is 5.49. The van der Waals surface area contributed by atoms with Gasteiger partial charge in [0.25, 0.3) is 0 Å². The molecule has 5 heteroatoms. The largest absolute Gasteiger partial charge is 0.496 e. The van der Waals surface area contributed by atoms with Crippen LogP contribution in [-0.2, 0) is 6.54 Å². The van der Waals surface area contributed by atoms with Gasteiger partial charge in [-0.15, -0.1) is 0 Å². The molecule has 0 aliphatic heterocycles. The topological polar surface area (TPSA) is 43.4 Å². The van der Waals surface area contributed by atoms with Crippen molar-refractivity contribution in [2.24, 2.45) is 0 Å². The Kier molecular flexibility index (Phi) is 5.24. The first-order valence-electron chi connectivity index (χ1n) is 6.38. The maximum absolute atomic E-state index is 5.49. The number of hydrogen-bond donors (Lipinski definition) is 1. The van der Waals surface area contributed by atoms with Crippen LogP contribution in [0.4, 0.5) is 5.69 Å². The number of ether oxygens (including phenoxy) is 2. The third-order valence-corrected chi connectivity index (χ3v) is 3.26. The van der Waals surface area contributed by atoms with E-state index in [-0.39, 0.29) is 0 Å². The van der Waals surface area contributed by atoms with Crippen LogP contribution in [0.15, 0.2) is 41.0 Å². The summed E-state index contributed by atoms with van der Waals surface area (Å²) >= 11 is 3.47. The third-order valence-electron chi connectivity index (χ3n) is 2.76. The predicted molar refractivity (Wildman–Crippen MR) is 83.4 cm³/mol. The first-order chi connectivity index (χ1) is 9.74. The van der Waals surface area contributed by atoms with Crippen LogP contribution in [0.2, 0.25) is 0 Å². The normalized spacial score (nSPS) is 10.2. The molecule has 1 heterocycles. The molecule has 1 aromatic carbocycles. The Balaban J connectivity index is 2.14. The van der Waals surface area contributed by atoms with Crippen LogP contribution in [0.25, 0.3) is 0 Å². The van der Waals surface area contributed by atoms with Crippen molar-refractivity contribution >= 4 is 21.6 Å². The Morgan fingerprint density at radius 3 is 2.90 bits per heavy atom. The van der Waals surface area contributed by atoms with Gasteiger partial charge in [0, 0.05) is 22.8 Å². The van der Waals surface area contributed by atoms with Gasteiger partial charge in [0.2, 0.25) is 5.88 Å². The summed E-state index contributed by atoms with van der Waals surface area (Å²) in [6, 6.07) is 9.75. The van der Waals surface area contributed by atoms with E-state index in [1.54, 1.807) is 13.3 Å². The molecule has 0 saturated heterocycles. The number of methoxy groups -OCH3 is 1. The highest BCUT2D eigenvalue weighted by atomic mass is 79.9. The molecule has 20 heavy (non-hydrogen) atoms. The van der Waals surface area contributed by atoms with E-state index in [2.05, 4.69) is 26.2 Å². The summed E-state index contributed by atoms with van der Waals surface area (Å²) in [4.78, 5) is 4.22. The fraction of sp³-hybridized carbons (Fsp3) is 0.267. The number of hydrogen-bond acceptors (Lipinski definition) is 4. The van der Waals surface area contributed by atoms with Crippen LogP contribution in [0.3, 0.4) is 0 Å². The lowest BCUT2D eigenvalue weighted by Gasteiger charge is -2.13. The van der Waals surface area contributed by atoms with E-state index in [1.807, 2.05) is 37.3 Å². The van der Waals surface area contributed by atoms with E-state index in [4.69, 9.17) is 9.47 Å². The Morgan fingerprint density at radius 1 is 1.30 bits per heavy atom. The van der Waals surface area contributed by atoms with E-state index in [1.165, 1.54) is 0 Å². The van der Waals surface area contributed by atoms with E-state index in [9.17, 15) is 0 Å². The number of pyridine rings is 1. The van der Waals surface area contributed by atoms with Gasteiger partial charge < -0.3 is 14.8 Å². The molecule has 0 aliphatic rings. The Morgan fingerprint density at radius 2 is 2.15 bits per heavy atom. The number of rotatable bonds is 6. The zero-order valence-corrected chi connectivity index (χ0v) is 13.1. The summed E-state index contributed by atoms with van der Waals surface area (Å²) < 4.78 is 11.9. The smallest absolute Gasteiger partial charge is 0.237 e. The molecule has 2 aromatic rings. The molecule has 1 N–H and O–H groups in total. The van der Waals surface area contributed by atoms with Gasteiger partial charge in [0.05, 0.1) is 19.4 Å². The van der Waals surface area contributed by atoms with Crippen molar-refractivity contribution in [1.29, 1.82) is 0 Å². The van der Waals surface area contributed by atoms with Crippen molar-refractivity contribution in [3.63, 3.8) is 0 Å². The fourth-order valence-corrected chi connectivity index (χ4v) is 2.26. The molecule has 2 rings (SSSR count). The Labute approximate surface area is 127 Å². The van der Waals surface area contributed by atoms with Gasteiger partial charge >= 0.3 is 0 Å². The number of aromatic nitrogens is 1. The van der Waals surface area contributed by atoms with Crippen LogP contribution in [0.5, 0.6) is 11.6 Å².